The van der Waals surface area contributed by atoms with Crippen LogP contribution >= 0.6 is 0 Å². The molecule has 0 aromatic heterocycles. The van der Waals surface area contributed by atoms with Crippen LogP contribution in [-0.2, 0) is 4.79 Å². The van der Waals surface area contributed by atoms with Crippen LogP contribution in [0.25, 0.3) is 10.4 Å². The summed E-state index contributed by atoms with van der Waals surface area (Å²) in [5.41, 5.74) is 7.83. The number of nitrogens with one attached hydrogen (secondary N) is 1. The first-order valence-electron chi connectivity index (χ1n) is 2.97. The smallest absolute Gasteiger partial charge is 0.226 e. The standard InChI is InChI=1S/C5H10N4O/c1-4(2)8-5(10)3-7-9-6/h4H,3H2,1-2H3,(H,8,10). The first-order valence-corrected chi connectivity index (χ1v) is 2.97. The van der Waals surface area contributed by atoms with Crippen LogP contribution in [0.1, 0.15) is 13.8 Å². The Balaban J connectivity index is 3.54. The van der Waals surface area contributed by atoms with Gasteiger partial charge in [0.05, 0.1) is 0 Å². The first-order chi connectivity index (χ1) is 4.66. The molecule has 0 aliphatic carbocycles. The van der Waals surface area contributed by atoms with E-state index in [0.29, 0.717) is 0 Å². The number of carbonyl (C=O) groups is 1. The fourth-order valence-corrected chi connectivity index (χ4v) is 0.463. The van der Waals surface area contributed by atoms with Crippen molar-refractivity contribution < 1.29 is 4.79 Å². The highest BCUT2D eigenvalue weighted by Crippen LogP contribution is 1.78. The van der Waals surface area contributed by atoms with Gasteiger partial charge in [0.2, 0.25) is 5.91 Å². The van der Waals surface area contributed by atoms with Gasteiger partial charge in [-0.25, -0.2) is 0 Å². The molecule has 0 unspecified atom stereocenters. The van der Waals surface area contributed by atoms with Crippen molar-refractivity contribution in [1.82, 2.24) is 5.32 Å². The minimum absolute atomic E-state index is 0.0985. The molecular formula is C5H10N4O. The SMILES string of the molecule is CC(C)NC(=O)CN=[N+]=[N-]. The van der Waals surface area contributed by atoms with E-state index in [2.05, 4.69) is 15.3 Å². The highest BCUT2D eigenvalue weighted by atomic mass is 16.1. The number of amides is 1. The Labute approximate surface area is 59.0 Å². The van der Waals surface area contributed by atoms with E-state index in [0.717, 1.165) is 0 Å². The molecule has 0 aromatic rings. The Morgan fingerprint density at radius 3 is 2.80 bits per heavy atom. The zero-order valence-corrected chi connectivity index (χ0v) is 6.03. The summed E-state index contributed by atoms with van der Waals surface area (Å²) in [5.74, 6) is -0.243. The molecule has 10 heavy (non-hydrogen) atoms. The van der Waals surface area contributed by atoms with Gasteiger partial charge >= 0.3 is 0 Å². The molecule has 0 saturated heterocycles. The molecule has 0 atom stereocenters. The number of hydrogen-bond donors (Lipinski definition) is 1. The van der Waals surface area contributed by atoms with Gasteiger partial charge in [-0.15, -0.1) is 0 Å². The lowest BCUT2D eigenvalue weighted by molar-refractivity contribution is -0.120. The fourth-order valence-electron chi connectivity index (χ4n) is 0.463. The van der Waals surface area contributed by atoms with Gasteiger partial charge in [0.25, 0.3) is 0 Å². The van der Waals surface area contributed by atoms with Crippen LogP contribution in [0, 0.1) is 0 Å². The molecule has 0 aromatic carbocycles. The van der Waals surface area contributed by atoms with E-state index in [9.17, 15) is 4.79 Å². The molecule has 1 N–H and O–H groups in total. The van der Waals surface area contributed by atoms with Gasteiger partial charge < -0.3 is 5.32 Å². The molecule has 56 valence electrons. The Hall–Kier alpha value is -1.22. The van der Waals surface area contributed by atoms with Crippen LogP contribution < -0.4 is 5.32 Å². The summed E-state index contributed by atoms with van der Waals surface area (Å²) in [7, 11) is 0. The number of nitrogens with zero attached hydrogens (tertiary/aromatic N) is 3. The fraction of sp³-hybridized carbons (Fsp3) is 0.800. The monoisotopic (exact) mass is 142 g/mol. The lowest BCUT2D eigenvalue weighted by atomic mass is 10.4. The maximum absolute atomic E-state index is 10.6. The molecule has 0 spiro atoms. The summed E-state index contributed by atoms with van der Waals surface area (Å²) in [6, 6.07) is 0.0985. The van der Waals surface area contributed by atoms with E-state index in [4.69, 9.17) is 5.53 Å². The summed E-state index contributed by atoms with van der Waals surface area (Å²) >= 11 is 0. The van der Waals surface area contributed by atoms with Crippen LogP contribution in [0.2, 0.25) is 0 Å². The van der Waals surface area contributed by atoms with Crippen molar-refractivity contribution in [2.24, 2.45) is 5.11 Å². The highest BCUT2D eigenvalue weighted by Gasteiger charge is 1.98. The number of azide groups is 1. The zero-order chi connectivity index (χ0) is 7.98. The van der Waals surface area contributed by atoms with Crippen LogP contribution in [0.4, 0.5) is 0 Å². The van der Waals surface area contributed by atoms with Crippen LogP contribution in [0.3, 0.4) is 0 Å². The topological polar surface area (TPSA) is 77.9 Å². The van der Waals surface area contributed by atoms with Crippen LogP contribution in [0.15, 0.2) is 5.11 Å². The maximum atomic E-state index is 10.6. The van der Waals surface area contributed by atoms with Crippen molar-refractivity contribution in [3.05, 3.63) is 10.4 Å². The molecule has 0 aliphatic heterocycles. The van der Waals surface area contributed by atoms with E-state index in [1.165, 1.54) is 0 Å². The number of rotatable bonds is 3. The normalized spacial score (nSPS) is 8.70. The molecule has 0 fully saturated rings. The third-order valence-corrected chi connectivity index (χ3v) is 0.727. The van der Waals surface area contributed by atoms with E-state index >= 15 is 0 Å². The van der Waals surface area contributed by atoms with Gasteiger partial charge in [-0.05, 0) is 19.4 Å². The Morgan fingerprint density at radius 2 is 2.40 bits per heavy atom. The highest BCUT2D eigenvalue weighted by molar-refractivity contribution is 5.78. The number of carbonyl (C=O) groups excluding carboxylic acids is 1. The van der Waals surface area contributed by atoms with Gasteiger partial charge in [-0.1, -0.05) is 5.11 Å². The van der Waals surface area contributed by atoms with Gasteiger partial charge in [0.15, 0.2) is 0 Å². The Kier molecular flexibility index (Phi) is 4.07. The van der Waals surface area contributed by atoms with E-state index in [1.54, 1.807) is 0 Å². The number of hydrogen-bond acceptors (Lipinski definition) is 2. The first kappa shape index (κ1) is 8.78. The van der Waals surface area contributed by atoms with Crippen molar-refractivity contribution in [1.29, 1.82) is 0 Å². The molecule has 0 saturated carbocycles. The molecular weight excluding hydrogens is 132 g/mol. The van der Waals surface area contributed by atoms with Crippen LogP contribution in [-0.4, -0.2) is 18.5 Å². The predicted molar refractivity (Wildman–Crippen MR) is 37.3 cm³/mol. The predicted octanol–water partition coefficient (Wildman–Crippen LogP) is 0.821. The lowest BCUT2D eigenvalue weighted by Gasteiger charge is -2.04. The van der Waals surface area contributed by atoms with Crippen LogP contribution in [0.5, 0.6) is 0 Å². The zero-order valence-electron chi connectivity index (χ0n) is 6.03. The third-order valence-electron chi connectivity index (χ3n) is 0.727. The molecule has 5 heteroatoms. The second-order valence-corrected chi connectivity index (χ2v) is 2.11. The summed E-state index contributed by atoms with van der Waals surface area (Å²) in [4.78, 5) is 13.1. The minimum atomic E-state index is -0.243. The van der Waals surface area contributed by atoms with Crippen molar-refractivity contribution in [2.45, 2.75) is 19.9 Å². The van der Waals surface area contributed by atoms with Gasteiger partial charge in [-0.2, -0.15) is 0 Å². The molecule has 5 nitrogen and oxygen atoms in total. The minimum Gasteiger partial charge on any atom is -0.354 e. The van der Waals surface area contributed by atoms with Gasteiger partial charge in [0, 0.05) is 11.0 Å². The quantitative estimate of drug-likeness (QED) is 0.353. The average molecular weight is 142 g/mol. The van der Waals surface area contributed by atoms with E-state index in [1.807, 2.05) is 13.8 Å². The van der Waals surface area contributed by atoms with Crippen molar-refractivity contribution in [2.75, 3.05) is 6.54 Å². The second kappa shape index (κ2) is 4.64. The summed E-state index contributed by atoms with van der Waals surface area (Å²) in [6.45, 7) is 3.57. The Morgan fingerprint density at radius 1 is 1.80 bits per heavy atom. The maximum Gasteiger partial charge on any atom is 0.226 e. The largest absolute Gasteiger partial charge is 0.354 e. The van der Waals surface area contributed by atoms with Gasteiger partial charge in [0.1, 0.15) is 6.54 Å². The van der Waals surface area contributed by atoms with Crippen molar-refractivity contribution in [3.63, 3.8) is 0 Å². The van der Waals surface area contributed by atoms with Gasteiger partial charge in [-0.3, -0.25) is 4.79 Å². The molecule has 0 aliphatic rings. The Bertz CT molecular complexity index is 159. The third kappa shape index (κ3) is 4.93. The molecule has 1 amide bonds. The van der Waals surface area contributed by atoms with Crippen molar-refractivity contribution in [3.8, 4) is 0 Å². The van der Waals surface area contributed by atoms with Crippen molar-refractivity contribution >= 4 is 5.91 Å². The summed E-state index contributed by atoms with van der Waals surface area (Å²) < 4.78 is 0. The summed E-state index contributed by atoms with van der Waals surface area (Å²) in [6.07, 6.45) is 0. The molecule has 0 bridgehead atoms. The second-order valence-electron chi connectivity index (χ2n) is 2.11. The van der Waals surface area contributed by atoms with E-state index in [-0.39, 0.29) is 18.5 Å². The molecule has 0 radical (unpaired) electrons. The average Bonchev–Trinajstić information content (AvgIpc) is 1.82. The lowest BCUT2D eigenvalue weighted by Crippen LogP contribution is -2.31. The molecule has 0 rings (SSSR count). The molecule has 0 heterocycles. The summed E-state index contributed by atoms with van der Waals surface area (Å²) in [5, 5.41) is 5.67. The van der Waals surface area contributed by atoms with E-state index < -0.39 is 0 Å².